The highest BCUT2D eigenvalue weighted by Gasteiger charge is 2.07. The number of Topliss-reactive ketones (excluding diaryl/α,β-unsaturated/α-hetero) is 1. The van der Waals surface area contributed by atoms with E-state index in [-0.39, 0.29) is 18.4 Å². The third-order valence-electron chi connectivity index (χ3n) is 2.36. The first-order valence-corrected chi connectivity index (χ1v) is 7.53. The fourth-order valence-electron chi connectivity index (χ4n) is 1.46. The van der Waals surface area contributed by atoms with E-state index in [1.54, 1.807) is 18.3 Å². The van der Waals surface area contributed by atoms with Crippen LogP contribution in [0.3, 0.4) is 0 Å². The Bertz CT molecular complexity index is 698. The Labute approximate surface area is 125 Å². The summed E-state index contributed by atoms with van der Waals surface area (Å²) in [4.78, 5) is 25.7. The van der Waals surface area contributed by atoms with E-state index in [0.29, 0.717) is 0 Å². The molecule has 0 bridgehead atoms. The molecule has 3 nitrogen and oxygen atoms in total. The summed E-state index contributed by atoms with van der Waals surface area (Å²) >= 11 is 3.04. The van der Waals surface area contributed by atoms with Crippen LogP contribution < -0.4 is 0 Å². The number of hydrogen-bond donors (Lipinski definition) is 0. The minimum Gasteiger partial charge on any atom is -0.453 e. The molecule has 0 aliphatic carbocycles. The number of esters is 1. The minimum absolute atomic E-state index is 0.0826. The van der Waals surface area contributed by atoms with Crippen molar-refractivity contribution in [3.8, 4) is 21.6 Å². The maximum atomic E-state index is 11.3. The molecule has 0 amide bonds. The van der Waals surface area contributed by atoms with Crippen LogP contribution in [0.25, 0.3) is 9.75 Å². The van der Waals surface area contributed by atoms with Gasteiger partial charge in [0.2, 0.25) is 0 Å². The second kappa shape index (κ2) is 6.51. The van der Waals surface area contributed by atoms with E-state index in [0.717, 1.165) is 19.5 Å². The summed E-state index contributed by atoms with van der Waals surface area (Å²) in [5.41, 5.74) is 0. The van der Waals surface area contributed by atoms with Crippen molar-refractivity contribution in [3.63, 3.8) is 0 Å². The van der Waals surface area contributed by atoms with Crippen molar-refractivity contribution in [2.45, 2.75) is 13.8 Å². The van der Waals surface area contributed by atoms with Crippen LogP contribution in [0.4, 0.5) is 0 Å². The summed E-state index contributed by atoms with van der Waals surface area (Å²) in [6.45, 7) is 3.03. The molecule has 0 atom stereocenters. The fourth-order valence-corrected chi connectivity index (χ4v) is 3.33. The second-order valence-corrected chi connectivity index (χ2v) is 6.13. The zero-order valence-corrected chi connectivity index (χ0v) is 12.7. The van der Waals surface area contributed by atoms with Crippen molar-refractivity contribution in [1.82, 2.24) is 0 Å². The maximum absolute atomic E-state index is 11.3. The Hall–Kier alpha value is -1.90. The Morgan fingerprint density at radius 1 is 1.10 bits per heavy atom. The van der Waals surface area contributed by atoms with Gasteiger partial charge < -0.3 is 4.74 Å². The summed E-state index contributed by atoms with van der Waals surface area (Å²) in [5, 5.41) is 0. The highest BCUT2D eigenvalue weighted by atomic mass is 32.1. The molecule has 0 spiro atoms. The molecule has 0 unspecified atom stereocenters. The lowest BCUT2D eigenvalue weighted by Gasteiger charge is -1.90. The van der Waals surface area contributed by atoms with Gasteiger partial charge in [-0.2, -0.15) is 0 Å². The molecule has 0 saturated carbocycles. The molecule has 2 aromatic heterocycles. The SMILES string of the molecule is CC(=O)OCC#Cc1ccc(-c2ccc(C(C)=O)s2)s1. The van der Waals surface area contributed by atoms with Gasteiger partial charge in [0.15, 0.2) is 12.4 Å². The standard InChI is InChI=1S/C15H12O3S2/c1-10(16)13-7-8-15(20-13)14-6-5-12(19-14)4-3-9-18-11(2)17/h5-8H,9H2,1-2H3. The van der Waals surface area contributed by atoms with Crippen LogP contribution >= 0.6 is 22.7 Å². The van der Waals surface area contributed by atoms with Crippen molar-refractivity contribution >= 4 is 34.4 Å². The third kappa shape index (κ3) is 3.80. The van der Waals surface area contributed by atoms with E-state index in [9.17, 15) is 9.59 Å². The first-order valence-electron chi connectivity index (χ1n) is 5.89. The smallest absolute Gasteiger partial charge is 0.303 e. The minimum atomic E-state index is -0.332. The van der Waals surface area contributed by atoms with Crippen LogP contribution in [0.15, 0.2) is 24.3 Å². The molecule has 2 heterocycles. The van der Waals surface area contributed by atoms with Gasteiger partial charge in [0.05, 0.1) is 9.75 Å². The topological polar surface area (TPSA) is 43.4 Å². The zero-order chi connectivity index (χ0) is 14.5. The summed E-state index contributed by atoms with van der Waals surface area (Å²) in [7, 11) is 0. The van der Waals surface area contributed by atoms with Gasteiger partial charge in [-0.15, -0.1) is 22.7 Å². The number of carbonyl (C=O) groups is 2. The van der Waals surface area contributed by atoms with Crippen LogP contribution in [0, 0.1) is 11.8 Å². The first-order chi connectivity index (χ1) is 9.56. The van der Waals surface area contributed by atoms with E-state index in [4.69, 9.17) is 4.74 Å². The first kappa shape index (κ1) is 14.5. The number of rotatable bonds is 3. The number of ether oxygens (including phenoxy) is 1. The molecular formula is C15H12O3S2. The Kier molecular flexibility index (Phi) is 4.72. The van der Waals surface area contributed by atoms with Crippen molar-refractivity contribution in [3.05, 3.63) is 34.0 Å². The molecule has 0 aromatic carbocycles. The molecule has 0 N–H and O–H groups in total. The van der Waals surface area contributed by atoms with Crippen LogP contribution in [0.1, 0.15) is 28.4 Å². The normalized spacial score (nSPS) is 9.70. The Balaban J connectivity index is 2.08. The number of ketones is 1. The predicted molar refractivity (Wildman–Crippen MR) is 81.1 cm³/mol. The Morgan fingerprint density at radius 2 is 1.80 bits per heavy atom. The molecular weight excluding hydrogens is 292 g/mol. The average Bonchev–Trinajstić information content (AvgIpc) is 3.03. The fraction of sp³-hybridized carbons (Fsp3) is 0.200. The van der Waals surface area contributed by atoms with E-state index in [2.05, 4.69) is 11.8 Å². The molecule has 102 valence electrons. The molecule has 0 radical (unpaired) electrons. The summed E-state index contributed by atoms with van der Waals surface area (Å²) in [6, 6.07) is 7.70. The maximum Gasteiger partial charge on any atom is 0.303 e. The van der Waals surface area contributed by atoms with Crippen molar-refractivity contribution in [2.75, 3.05) is 6.61 Å². The quantitative estimate of drug-likeness (QED) is 0.494. The van der Waals surface area contributed by atoms with Crippen molar-refractivity contribution in [1.29, 1.82) is 0 Å². The predicted octanol–water partition coefficient (Wildman–Crippen LogP) is 3.59. The summed E-state index contributed by atoms with van der Waals surface area (Å²) in [6.07, 6.45) is 0. The van der Waals surface area contributed by atoms with Gasteiger partial charge in [-0.25, -0.2) is 0 Å². The average molecular weight is 304 g/mol. The highest BCUT2D eigenvalue weighted by Crippen LogP contribution is 2.33. The van der Waals surface area contributed by atoms with Crippen LogP contribution in [0.5, 0.6) is 0 Å². The Morgan fingerprint density at radius 3 is 2.45 bits per heavy atom. The van der Waals surface area contributed by atoms with Crippen molar-refractivity contribution in [2.24, 2.45) is 0 Å². The highest BCUT2D eigenvalue weighted by molar-refractivity contribution is 7.23. The van der Waals surface area contributed by atoms with Gasteiger partial charge >= 0.3 is 5.97 Å². The number of carbonyl (C=O) groups excluding carboxylic acids is 2. The van der Waals surface area contributed by atoms with E-state index in [1.165, 1.54) is 18.3 Å². The second-order valence-electron chi connectivity index (χ2n) is 3.97. The van der Waals surface area contributed by atoms with Crippen LogP contribution in [0.2, 0.25) is 0 Å². The number of hydrogen-bond acceptors (Lipinski definition) is 5. The lowest BCUT2D eigenvalue weighted by Crippen LogP contribution is -1.97. The lowest BCUT2D eigenvalue weighted by atomic mass is 10.3. The van der Waals surface area contributed by atoms with Gasteiger partial charge in [-0.05, 0) is 31.2 Å². The number of thiophene rings is 2. The van der Waals surface area contributed by atoms with Crippen LogP contribution in [-0.4, -0.2) is 18.4 Å². The molecule has 0 aliphatic heterocycles. The molecule has 0 aliphatic rings. The monoisotopic (exact) mass is 304 g/mol. The molecule has 2 aromatic rings. The molecule has 0 fully saturated rings. The summed E-state index contributed by atoms with van der Waals surface area (Å²) in [5.74, 6) is 5.49. The molecule has 0 saturated heterocycles. The van der Waals surface area contributed by atoms with Crippen molar-refractivity contribution < 1.29 is 14.3 Å². The largest absolute Gasteiger partial charge is 0.453 e. The van der Waals surface area contributed by atoms with E-state index < -0.39 is 0 Å². The molecule has 5 heteroatoms. The van der Waals surface area contributed by atoms with E-state index >= 15 is 0 Å². The van der Waals surface area contributed by atoms with Gasteiger partial charge in [0.25, 0.3) is 0 Å². The van der Waals surface area contributed by atoms with Gasteiger partial charge in [0.1, 0.15) is 0 Å². The van der Waals surface area contributed by atoms with E-state index in [1.807, 2.05) is 24.3 Å². The third-order valence-corrected chi connectivity index (χ3v) is 4.74. The van der Waals surface area contributed by atoms with Gasteiger partial charge in [-0.3, -0.25) is 9.59 Å². The van der Waals surface area contributed by atoms with Gasteiger partial charge in [0, 0.05) is 16.7 Å². The van der Waals surface area contributed by atoms with Gasteiger partial charge in [-0.1, -0.05) is 11.8 Å². The molecule has 2 rings (SSSR count). The molecule has 20 heavy (non-hydrogen) atoms. The lowest BCUT2D eigenvalue weighted by molar-refractivity contribution is -0.139. The van der Waals surface area contributed by atoms with Crippen LogP contribution in [-0.2, 0) is 9.53 Å². The zero-order valence-electron chi connectivity index (χ0n) is 11.1. The summed E-state index contributed by atoms with van der Waals surface area (Å²) < 4.78 is 4.74.